The largest absolute Gasteiger partial charge is 0.456 e. The van der Waals surface area contributed by atoms with Crippen molar-refractivity contribution in [1.29, 1.82) is 0 Å². The first-order valence-electron chi connectivity index (χ1n) is 15.1. The summed E-state index contributed by atoms with van der Waals surface area (Å²) in [4.78, 5) is 26.4. The number of furan rings is 1. The molecule has 0 amide bonds. The number of allylic oxidation sites excluding steroid dienone is 10. The van der Waals surface area contributed by atoms with E-state index in [-0.39, 0.29) is 22.4 Å². The molecule has 0 fully saturated rings. The molecule has 45 heavy (non-hydrogen) atoms. The molecule has 2 aliphatic carbocycles. The number of rotatable bonds is 4. The molecule has 2 aliphatic rings. The van der Waals surface area contributed by atoms with E-state index in [9.17, 15) is 9.59 Å². The molecule has 3 nitrogen and oxygen atoms in total. The molecular weight excluding hydrogens is 688 g/mol. The van der Waals surface area contributed by atoms with Gasteiger partial charge in [0.05, 0.1) is 0 Å². The first-order valence-corrected chi connectivity index (χ1v) is 16.6. The lowest BCUT2D eigenvalue weighted by Gasteiger charge is -2.26. The highest BCUT2D eigenvalue weighted by molar-refractivity contribution is 9.10. The SMILES string of the molecule is CC1=CC(=C(c2ccc(Br)cc2)c2ccc(C(=C3C=C(C)C(=O)C(C(C)(C)C)=C3)c3ccc(Br)cc3)o2)C=C(C(C)(C)C)C1=O. The Kier molecular flexibility index (Phi) is 9.00. The maximum Gasteiger partial charge on any atom is 0.185 e. The van der Waals surface area contributed by atoms with E-state index in [2.05, 4.69) is 97.7 Å². The van der Waals surface area contributed by atoms with Crippen molar-refractivity contribution < 1.29 is 14.0 Å². The summed E-state index contributed by atoms with van der Waals surface area (Å²) >= 11 is 7.15. The van der Waals surface area contributed by atoms with Crippen molar-refractivity contribution in [3.05, 3.63) is 150 Å². The molecule has 0 saturated carbocycles. The summed E-state index contributed by atoms with van der Waals surface area (Å²) in [6, 6.07) is 20.3. The van der Waals surface area contributed by atoms with Crippen LogP contribution < -0.4 is 0 Å². The Bertz CT molecular complexity index is 1750. The Balaban J connectivity index is 1.80. The van der Waals surface area contributed by atoms with Gasteiger partial charge in [0.25, 0.3) is 0 Å². The monoisotopic (exact) mass is 724 g/mol. The molecule has 1 heterocycles. The van der Waals surface area contributed by atoms with Crippen molar-refractivity contribution in [1.82, 2.24) is 0 Å². The van der Waals surface area contributed by atoms with Crippen molar-refractivity contribution in [3.8, 4) is 0 Å². The Morgan fingerprint density at radius 1 is 0.533 bits per heavy atom. The van der Waals surface area contributed by atoms with Crippen molar-refractivity contribution >= 4 is 54.6 Å². The van der Waals surface area contributed by atoms with Crippen LogP contribution in [0.3, 0.4) is 0 Å². The zero-order valence-electron chi connectivity index (χ0n) is 27.1. The minimum Gasteiger partial charge on any atom is -0.456 e. The second kappa shape index (κ2) is 12.3. The summed E-state index contributed by atoms with van der Waals surface area (Å²) in [5, 5.41) is 0. The van der Waals surface area contributed by atoms with Crippen LogP contribution in [-0.4, -0.2) is 11.6 Å². The van der Waals surface area contributed by atoms with Gasteiger partial charge in [-0.2, -0.15) is 0 Å². The van der Waals surface area contributed by atoms with E-state index in [1.54, 1.807) is 0 Å². The van der Waals surface area contributed by atoms with Crippen molar-refractivity contribution in [3.63, 3.8) is 0 Å². The van der Waals surface area contributed by atoms with E-state index < -0.39 is 0 Å². The van der Waals surface area contributed by atoms with Crippen molar-refractivity contribution in [2.24, 2.45) is 10.8 Å². The van der Waals surface area contributed by atoms with Gasteiger partial charge in [-0.05, 0) is 119 Å². The molecule has 5 rings (SSSR count). The number of Topliss-reactive ketones (excluding diaryl/α,β-unsaturated/α-hetero) is 2. The van der Waals surface area contributed by atoms with Crippen LogP contribution in [0.1, 0.15) is 78.0 Å². The lowest BCUT2D eigenvalue weighted by atomic mass is 9.77. The molecule has 2 aromatic carbocycles. The quantitative estimate of drug-likeness (QED) is 0.269. The van der Waals surface area contributed by atoms with Crippen LogP contribution in [-0.2, 0) is 9.59 Å². The van der Waals surface area contributed by atoms with Gasteiger partial charge in [0.15, 0.2) is 11.6 Å². The molecule has 0 unspecified atom stereocenters. The second-order valence-electron chi connectivity index (χ2n) is 13.8. The normalized spacial score (nSPS) is 18.3. The second-order valence-corrected chi connectivity index (χ2v) is 15.6. The minimum atomic E-state index is -0.324. The average Bonchev–Trinajstić information content (AvgIpc) is 3.42. The van der Waals surface area contributed by atoms with Gasteiger partial charge in [0.2, 0.25) is 0 Å². The number of hydrogen-bond acceptors (Lipinski definition) is 3. The minimum absolute atomic E-state index is 0.0687. The number of carbonyl (C=O) groups is 2. The molecule has 5 heteroatoms. The Morgan fingerprint density at radius 2 is 0.867 bits per heavy atom. The predicted molar refractivity (Wildman–Crippen MR) is 192 cm³/mol. The van der Waals surface area contributed by atoms with Crippen LogP contribution in [0, 0.1) is 10.8 Å². The molecule has 0 atom stereocenters. The Hall–Kier alpha value is -3.54. The number of benzene rings is 2. The maximum absolute atomic E-state index is 13.2. The van der Waals surface area contributed by atoms with Gasteiger partial charge < -0.3 is 4.42 Å². The van der Waals surface area contributed by atoms with Crippen molar-refractivity contribution in [2.75, 3.05) is 0 Å². The highest BCUT2D eigenvalue weighted by Crippen LogP contribution is 2.41. The first kappa shape index (κ1) is 32.8. The van der Waals surface area contributed by atoms with E-state index in [4.69, 9.17) is 4.42 Å². The van der Waals surface area contributed by atoms with E-state index in [1.165, 1.54) is 0 Å². The van der Waals surface area contributed by atoms with Crippen molar-refractivity contribution in [2.45, 2.75) is 55.4 Å². The third kappa shape index (κ3) is 6.85. The molecule has 3 aromatic rings. The van der Waals surface area contributed by atoms with Gasteiger partial charge in [-0.3, -0.25) is 9.59 Å². The lowest BCUT2D eigenvalue weighted by Crippen LogP contribution is -2.21. The van der Waals surface area contributed by atoms with E-state index in [1.807, 2.05) is 74.5 Å². The summed E-state index contributed by atoms with van der Waals surface area (Å²) in [5.74, 6) is 1.51. The van der Waals surface area contributed by atoms with Crippen LogP contribution in [0.4, 0.5) is 0 Å². The molecule has 0 bridgehead atoms. The molecule has 0 aliphatic heterocycles. The summed E-state index contributed by atoms with van der Waals surface area (Å²) in [6.07, 6.45) is 7.95. The molecular formula is C40H38Br2O3. The Labute approximate surface area is 283 Å². The third-order valence-electron chi connectivity index (χ3n) is 8.11. The van der Waals surface area contributed by atoms with Gasteiger partial charge in [-0.15, -0.1) is 0 Å². The van der Waals surface area contributed by atoms with Gasteiger partial charge in [0, 0.05) is 31.2 Å². The highest BCUT2D eigenvalue weighted by atomic mass is 79.9. The highest BCUT2D eigenvalue weighted by Gasteiger charge is 2.31. The fourth-order valence-corrected chi connectivity index (χ4v) is 6.22. The summed E-state index contributed by atoms with van der Waals surface area (Å²) in [6.45, 7) is 16.2. The molecule has 1 aromatic heterocycles. The topological polar surface area (TPSA) is 47.3 Å². The molecule has 0 saturated heterocycles. The Morgan fingerprint density at radius 3 is 1.18 bits per heavy atom. The molecule has 0 N–H and O–H groups in total. The zero-order valence-corrected chi connectivity index (χ0v) is 30.2. The smallest absolute Gasteiger partial charge is 0.185 e. The van der Waals surface area contributed by atoms with Gasteiger partial charge in [0.1, 0.15) is 11.5 Å². The average molecular weight is 727 g/mol. The van der Waals surface area contributed by atoms with Gasteiger partial charge >= 0.3 is 0 Å². The summed E-state index contributed by atoms with van der Waals surface area (Å²) < 4.78 is 8.78. The fraction of sp³-hybridized carbons (Fsp3) is 0.250. The van der Waals surface area contributed by atoms with Crippen LogP contribution in [0.2, 0.25) is 0 Å². The van der Waals surface area contributed by atoms with E-state index in [0.717, 1.165) is 53.5 Å². The van der Waals surface area contributed by atoms with E-state index >= 15 is 0 Å². The van der Waals surface area contributed by atoms with Crippen LogP contribution in [0.15, 0.2) is 132 Å². The maximum atomic E-state index is 13.2. The lowest BCUT2D eigenvalue weighted by molar-refractivity contribution is -0.113. The fourth-order valence-electron chi connectivity index (χ4n) is 5.69. The van der Waals surface area contributed by atoms with E-state index in [0.29, 0.717) is 22.7 Å². The summed E-state index contributed by atoms with van der Waals surface area (Å²) in [5.41, 5.74) is 7.89. The standard InChI is InChI=1S/C40H38Br2O3/c1-23-19-27(21-31(37(23)43)39(3,4)5)35(25-9-13-29(41)14-10-25)33-17-18-34(45-33)36(26-11-15-30(42)16-12-26)28-20-24(2)38(44)32(22-28)40(6,7)8/h9-22H,1-8H3. The molecule has 0 radical (unpaired) electrons. The van der Waals surface area contributed by atoms with Crippen LogP contribution in [0.25, 0.3) is 11.1 Å². The molecule has 0 spiro atoms. The number of carbonyl (C=O) groups excluding carboxylic acids is 2. The number of ketones is 2. The number of halogens is 2. The third-order valence-corrected chi connectivity index (χ3v) is 9.16. The predicted octanol–water partition coefficient (Wildman–Crippen LogP) is 11.4. The van der Waals surface area contributed by atoms with Gasteiger partial charge in [-0.25, -0.2) is 0 Å². The molecule has 230 valence electrons. The summed E-state index contributed by atoms with van der Waals surface area (Å²) in [7, 11) is 0. The van der Waals surface area contributed by atoms with Crippen LogP contribution in [0.5, 0.6) is 0 Å². The number of hydrogen-bond donors (Lipinski definition) is 0. The van der Waals surface area contributed by atoms with Gasteiger partial charge in [-0.1, -0.05) is 97.7 Å². The van der Waals surface area contributed by atoms with Crippen LogP contribution >= 0.6 is 31.9 Å². The first-order chi connectivity index (χ1) is 21.0. The zero-order chi connectivity index (χ0) is 32.8.